The average Bonchev–Trinajstić information content (AvgIpc) is 2.69. The summed E-state index contributed by atoms with van der Waals surface area (Å²) < 4.78 is 5.14. The third-order valence-electron chi connectivity index (χ3n) is 5.43. The van der Waals surface area contributed by atoms with Gasteiger partial charge in [-0.25, -0.2) is 4.79 Å². The van der Waals surface area contributed by atoms with Crippen LogP contribution in [0.4, 0.5) is 0 Å². The Morgan fingerprint density at radius 2 is 1.85 bits per heavy atom. The number of ether oxygens (including phenoxy) is 1. The normalized spacial score (nSPS) is 15.7. The first-order valence-electron chi connectivity index (χ1n) is 9.78. The Kier molecular flexibility index (Phi) is 7.02. The number of aryl methyl sites for hydroxylation is 1. The molecule has 1 aliphatic rings. The number of hydrogen-bond donors (Lipinski definition) is 1. The first-order valence-corrected chi connectivity index (χ1v) is 9.78. The van der Waals surface area contributed by atoms with Crippen molar-refractivity contribution in [1.82, 2.24) is 4.90 Å². The van der Waals surface area contributed by atoms with Gasteiger partial charge in [-0.15, -0.1) is 0 Å². The Hall–Kier alpha value is -2.17. The molecular weight excluding hydrogens is 338 g/mol. The van der Waals surface area contributed by atoms with Crippen LogP contribution in [0, 0.1) is 0 Å². The highest BCUT2D eigenvalue weighted by Gasteiger charge is 2.24. The Morgan fingerprint density at radius 3 is 2.59 bits per heavy atom. The Balaban J connectivity index is 1.56. The van der Waals surface area contributed by atoms with Crippen molar-refractivity contribution in [3.8, 4) is 0 Å². The molecule has 0 aromatic heterocycles. The Labute approximate surface area is 161 Å². The maximum atomic E-state index is 11.5. The van der Waals surface area contributed by atoms with E-state index in [2.05, 4.69) is 29.2 Å². The van der Waals surface area contributed by atoms with Crippen LogP contribution in [0.5, 0.6) is 0 Å². The number of rotatable bonds is 8. The third kappa shape index (κ3) is 5.41. The third-order valence-corrected chi connectivity index (χ3v) is 5.43. The topological polar surface area (TPSA) is 49.8 Å². The molecule has 1 fully saturated rings. The molecule has 4 nitrogen and oxygen atoms in total. The first-order chi connectivity index (χ1) is 13.2. The van der Waals surface area contributed by atoms with Gasteiger partial charge in [0.05, 0.1) is 5.56 Å². The molecule has 0 unspecified atom stereocenters. The summed E-state index contributed by atoms with van der Waals surface area (Å²) in [5, 5.41) is 9.43. The second-order valence-corrected chi connectivity index (χ2v) is 7.36. The number of likely N-dealkylation sites (tertiary alicyclic amines) is 1. The van der Waals surface area contributed by atoms with Crippen LogP contribution in [0.3, 0.4) is 0 Å². The van der Waals surface area contributed by atoms with Gasteiger partial charge >= 0.3 is 5.97 Å². The van der Waals surface area contributed by atoms with Crippen LogP contribution in [-0.2, 0) is 17.7 Å². The molecule has 2 aromatic rings. The summed E-state index contributed by atoms with van der Waals surface area (Å²) in [5.74, 6) is -0.479. The van der Waals surface area contributed by atoms with Crippen LogP contribution in [0.25, 0.3) is 0 Å². The van der Waals surface area contributed by atoms with Gasteiger partial charge in [-0.1, -0.05) is 42.5 Å². The van der Waals surface area contributed by atoms with Gasteiger partial charge in [-0.2, -0.15) is 0 Å². The predicted octanol–water partition coefficient (Wildman–Crippen LogP) is 4.34. The van der Waals surface area contributed by atoms with Gasteiger partial charge in [-0.3, -0.25) is 4.90 Å². The van der Waals surface area contributed by atoms with E-state index in [-0.39, 0.29) is 0 Å². The van der Waals surface area contributed by atoms with E-state index < -0.39 is 5.97 Å². The smallest absolute Gasteiger partial charge is 0.335 e. The molecule has 1 aliphatic heterocycles. The highest BCUT2D eigenvalue weighted by Crippen LogP contribution is 2.31. The molecular formula is C23H29NO3. The second-order valence-electron chi connectivity index (χ2n) is 7.36. The molecule has 2 aromatic carbocycles. The van der Waals surface area contributed by atoms with Crippen LogP contribution in [-0.4, -0.2) is 42.8 Å². The van der Waals surface area contributed by atoms with Crippen molar-refractivity contribution in [2.75, 3.05) is 26.8 Å². The monoisotopic (exact) mass is 367 g/mol. The van der Waals surface area contributed by atoms with Gasteiger partial charge in [0.25, 0.3) is 0 Å². The molecule has 144 valence electrons. The zero-order chi connectivity index (χ0) is 19.1. The summed E-state index contributed by atoms with van der Waals surface area (Å²) in [4.78, 5) is 14.0. The quantitative estimate of drug-likeness (QED) is 0.705. The summed E-state index contributed by atoms with van der Waals surface area (Å²) in [6.45, 7) is 3.78. The summed E-state index contributed by atoms with van der Waals surface area (Å²) >= 11 is 0. The number of nitrogens with zero attached hydrogens (tertiary/aromatic N) is 1. The molecule has 0 atom stereocenters. The van der Waals surface area contributed by atoms with Crippen molar-refractivity contribution in [1.29, 1.82) is 0 Å². The zero-order valence-electron chi connectivity index (χ0n) is 16.1. The van der Waals surface area contributed by atoms with E-state index in [1.165, 1.54) is 11.1 Å². The van der Waals surface area contributed by atoms with E-state index >= 15 is 0 Å². The van der Waals surface area contributed by atoms with Gasteiger partial charge in [-0.05, 0) is 67.4 Å². The number of piperidine rings is 1. The van der Waals surface area contributed by atoms with Gasteiger partial charge in [0.1, 0.15) is 0 Å². The molecule has 0 radical (unpaired) electrons. The summed E-state index contributed by atoms with van der Waals surface area (Å²) in [7, 11) is 1.74. The number of carboxylic acid groups (broad SMARTS) is 1. The number of methoxy groups -OCH3 is 1. The van der Waals surface area contributed by atoms with Gasteiger partial charge in [0.15, 0.2) is 0 Å². The highest BCUT2D eigenvalue weighted by molar-refractivity contribution is 5.89. The zero-order valence-corrected chi connectivity index (χ0v) is 16.1. The average molecular weight is 367 g/mol. The molecule has 0 spiro atoms. The van der Waals surface area contributed by atoms with Gasteiger partial charge in [0, 0.05) is 20.3 Å². The van der Waals surface area contributed by atoms with Gasteiger partial charge in [0.2, 0.25) is 0 Å². The van der Waals surface area contributed by atoms with Crippen molar-refractivity contribution in [3.05, 3.63) is 70.8 Å². The van der Waals surface area contributed by atoms with Gasteiger partial charge < -0.3 is 9.84 Å². The number of carbonyl (C=O) groups is 1. The van der Waals surface area contributed by atoms with Crippen LogP contribution in [0.1, 0.15) is 52.2 Å². The molecule has 1 saturated heterocycles. The van der Waals surface area contributed by atoms with E-state index in [9.17, 15) is 9.90 Å². The molecule has 4 heteroatoms. The molecule has 0 amide bonds. The maximum absolute atomic E-state index is 11.5. The first kappa shape index (κ1) is 19.6. The second kappa shape index (κ2) is 9.67. The van der Waals surface area contributed by atoms with E-state index in [4.69, 9.17) is 4.74 Å². The lowest BCUT2D eigenvalue weighted by atomic mass is 9.86. The lowest BCUT2D eigenvalue weighted by molar-refractivity contribution is 0.0694. The van der Waals surface area contributed by atoms with Crippen LogP contribution >= 0.6 is 0 Å². The summed E-state index contributed by atoms with van der Waals surface area (Å²) in [5.41, 5.74) is 4.17. The van der Waals surface area contributed by atoms with Crippen molar-refractivity contribution in [2.45, 2.75) is 38.1 Å². The van der Waals surface area contributed by atoms with Crippen molar-refractivity contribution in [3.63, 3.8) is 0 Å². The van der Waals surface area contributed by atoms with E-state index in [1.54, 1.807) is 13.2 Å². The number of carboxylic acids is 1. The molecule has 0 bridgehead atoms. The SMILES string of the molecule is COCCCc1cccc(CN2CCC(c3ccccc3C(=O)O)CC2)c1. The fraction of sp³-hybridized carbons (Fsp3) is 0.435. The van der Waals surface area contributed by atoms with Crippen molar-refractivity contribution >= 4 is 5.97 Å². The fourth-order valence-corrected chi connectivity index (χ4v) is 4.01. The lowest BCUT2D eigenvalue weighted by Crippen LogP contribution is -2.32. The minimum absolute atomic E-state index is 0.342. The van der Waals surface area contributed by atoms with E-state index in [0.717, 1.165) is 57.5 Å². The maximum Gasteiger partial charge on any atom is 0.335 e. The van der Waals surface area contributed by atoms with Crippen LogP contribution < -0.4 is 0 Å². The Morgan fingerprint density at radius 1 is 1.11 bits per heavy atom. The van der Waals surface area contributed by atoms with E-state index in [0.29, 0.717) is 11.5 Å². The molecule has 1 N–H and O–H groups in total. The predicted molar refractivity (Wildman–Crippen MR) is 107 cm³/mol. The standard InChI is InChI=1S/C23H29NO3/c1-27-15-5-8-18-6-4-7-19(16-18)17-24-13-11-20(12-14-24)21-9-2-3-10-22(21)23(25)26/h2-4,6-7,9-10,16,20H,5,8,11-15,17H2,1H3,(H,25,26). The van der Waals surface area contributed by atoms with E-state index in [1.807, 2.05) is 18.2 Å². The summed E-state index contributed by atoms with van der Waals surface area (Å²) in [6, 6.07) is 16.3. The van der Waals surface area contributed by atoms with Crippen molar-refractivity contribution < 1.29 is 14.6 Å². The molecule has 0 saturated carbocycles. The molecule has 3 rings (SSSR count). The minimum Gasteiger partial charge on any atom is -0.478 e. The number of hydrogen-bond acceptors (Lipinski definition) is 3. The molecule has 27 heavy (non-hydrogen) atoms. The highest BCUT2D eigenvalue weighted by atomic mass is 16.5. The minimum atomic E-state index is -0.821. The van der Waals surface area contributed by atoms with Crippen molar-refractivity contribution in [2.24, 2.45) is 0 Å². The van der Waals surface area contributed by atoms with Crippen LogP contribution in [0.2, 0.25) is 0 Å². The molecule has 1 heterocycles. The molecule has 0 aliphatic carbocycles. The number of benzene rings is 2. The fourth-order valence-electron chi connectivity index (χ4n) is 4.01. The Bertz CT molecular complexity index is 751. The largest absolute Gasteiger partial charge is 0.478 e. The number of aromatic carboxylic acids is 1. The van der Waals surface area contributed by atoms with Crippen LogP contribution in [0.15, 0.2) is 48.5 Å². The lowest BCUT2D eigenvalue weighted by Gasteiger charge is -2.32. The summed E-state index contributed by atoms with van der Waals surface area (Å²) in [6.07, 6.45) is 4.12.